The zero-order chi connectivity index (χ0) is 7.68. The van der Waals surface area contributed by atoms with E-state index < -0.39 is 0 Å². The largest absolute Gasteiger partial charge is 0.256 e. The van der Waals surface area contributed by atoms with Gasteiger partial charge in [0.25, 0.3) is 5.82 Å². The van der Waals surface area contributed by atoms with Gasteiger partial charge in [0, 0.05) is 6.42 Å². The molecular weight excluding hydrogens is 136 g/mol. The number of aromatic nitrogens is 2. The van der Waals surface area contributed by atoms with Crippen molar-refractivity contribution in [1.29, 1.82) is 0 Å². The number of nitrogens with zero attached hydrogens (tertiary/aromatic N) is 2. The van der Waals surface area contributed by atoms with E-state index in [1.807, 2.05) is 0 Å². The zero-order valence-corrected chi connectivity index (χ0v) is 7.08. The molecule has 0 aromatic carbocycles. The van der Waals surface area contributed by atoms with E-state index in [0.29, 0.717) is 0 Å². The van der Waals surface area contributed by atoms with Crippen LogP contribution < -0.4 is 4.57 Å². The van der Waals surface area contributed by atoms with Gasteiger partial charge >= 0.3 is 0 Å². The fourth-order valence-electron chi connectivity index (χ4n) is 1.84. The molecule has 11 heavy (non-hydrogen) atoms. The van der Waals surface area contributed by atoms with E-state index in [-0.39, 0.29) is 0 Å². The Morgan fingerprint density at radius 2 is 2.45 bits per heavy atom. The molecule has 0 atom stereocenters. The third-order valence-electron chi connectivity index (χ3n) is 2.48. The molecule has 2 rings (SSSR count). The highest BCUT2D eigenvalue weighted by molar-refractivity contribution is 4.85. The fourth-order valence-corrected chi connectivity index (χ4v) is 1.84. The molecule has 2 heteroatoms. The molecule has 60 valence electrons. The predicted molar refractivity (Wildman–Crippen MR) is 43.2 cm³/mol. The van der Waals surface area contributed by atoms with Gasteiger partial charge in [0.15, 0.2) is 0 Å². The van der Waals surface area contributed by atoms with Crippen molar-refractivity contribution in [3.8, 4) is 0 Å². The summed E-state index contributed by atoms with van der Waals surface area (Å²) >= 11 is 0. The highest BCUT2D eigenvalue weighted by Crippen LogP contribution is 2.07. The number of hydrogen-bond donors (Lipinski definition) is 0. The van der Waals surface area contributed by atoms with Crippen LogP contribution >= 0.6 is 0 Å². The molecule has 1 aliphatic heterocycles. The maximum atomic E-state index is 2.38. The van der Waals surface area contributed by atoms with E-state index in [9.17, 15) is 0 Å². The Balaban J connectivity index is 2.38. The van der Waals surface area contributed by atoms with Crippen LogP contribution in [0.2, 0.25) is 0 Å². The number of aryl methyl sites for hydroxylation is 2. The van der Waals surface area contributed by atoms with Crippen molar-refractivity contribution in [3.63, 3.8) is 0 Å². The minimum Gasteiger partial charge on any atom is -0.235 e. The fraction of sp³-hybridized carbons (Fsp3) is 0.667. The Hall–Kier alpha value is -0.790. The van der Waals surface area contributed by atoms with Crippen molar-refractivity contribution in [2.45, 2.75) is 39.3 Å². The smallest absolute Gasteiger partial charge is 0.235 e. The van der Waals surface area contributed by atoms with E-state index in [2.05, 4.69) is 28.5 Å². The van der Waals surface area contributed by atoms with Gasteiger partial charge in [0.2, 0.25) is 0 Å². The summed E-state index contributed by atoms with van der Waals surface area (Å²) in [4.78, 5) is 0. The Morgan fingerprint density at radius 1 is 1.55 bits per heavy atom. The first-order valence-electron chi connectivity index (χ1n) is 4.49. The Labute approximate surface area is 67.5 Å². The van der Waals surface area contributed by atoms with Crippen LogP contribution in [-0.2, 0) is 19.5 Å². The van der Waals surface area contributed by atoms with Gasteiger partial charge in [-0.25, -0.2) is 9.13 Å². The summed E-state index contributed by atoms with van der Waals surface area (Å²) in [5, 5.41) is 0. The normalized spacial score (nSPS) is 16.5. The second-order valence-corrected chi connectivity index (χ2v) is 3.15. The topological polar surface area (TPSA) is 8.81 Å². The average molecular weight is 151 g/mol. The van der Waals surface area contributed by atoms with Crippen LogP contribution in [0.15, 0.2) is 12.4 Å². The van der Waals surface area contributed by atoms with Gasteiger partial charge in [-0.1, -0.05) is 0 Å². The minimum absolute atomic E-state index is 1.11. The van der Waals surface area contributed by atoms with Crippen molar-refractivity contribution >= 4 is 0 Å². The van der Waals surface area contributed by atoms with Crippen molar-refractivity contribution in [2.24, 2.45) is 0 Å². The van der Waals surface area contributed by atoms with Crippen LogP contribution in [0.3, 0.4) is 0 Å². The van der Waals surface area contributed by atoms with Gasteiger partial charge in [0.1, 0.15) is 12.4 Å². The molecule has 0 radical (unpaired) electrons. The second-order valence-electron chi connectivity index (χ2n) is 3.15. The van der Waals surface area contributed by atoms with E-state index in [1.54, 1.807) is 0 Å². The van der Waals surface area contributed by atoms with E-state index in [0.717, 1.165) is 6.54 Å². The Bertz CT molecular complexity index is 237. The first-order valence-corrected chi connectivity index (χ1v) is 4.49. The van der Waals surface area contributed by atoms with Crippen LogP contribution in [0.25, 0.3) is 0 Å². The molecule has 2 heterocycles. The lowest BCUT2D eigenvalue weighted by molar-refractivity contribution is -0.709. The minimum atomic E-state index is 1.11. The second kappa shape index (κ2) is 2.68. The number of fused-ring (bicyclic) bond motifs is 1. The lowest BCUT2D eigenvalue weighted by Crippen LogP contribution is -2.40. The summed E-state index contributed by atoms with van der Waals surface area (Å²) in [6.45, 7) is 4.54. The molecule has 0 aliphatic carbocycles. The highest BCUT2D eigenvalue weighted by atomic mass is 15.1. The van der Waals surface area contributed by atoms with Gasteiger partial charge in [0.05, 0.1) is 13.1 Å². The quantitative estimate of drug-likeness (QED) is 0.532. The molecular formula is C9H15N2+. The van der Waals surface area contributed by atoms with Crippen molar-refractivity contribution in [1.82, 2.24) is 4.57 Å². The zero-order valence-electron chi connectivity index (χ0n) is 7.08. The van der Waals surface area contributed by atoms with Gasteiger partial charge < -0.3 is 0 Å². The van der Waals surface area contributed by atoms with E-state index in [1.165, 1.54) is 31.6 Å². The van der Waals surface area contributed by atoms with Gasteiger partial charge in [-0.15, -0.1) is 0 Å². The third-order valence-corrected chi connectivity index (χ3v) is 2.48. The summed E-state index contributed by atoms with van der Waals surface area (Å²) in [5.74, 6) is 1.51. The standard InChI is InChI=1S/C9H15N2/c1-2-10-7-8-11-6-4-3-5-9(10)11/h7-8H,2-6H2,1H3/q+1. The summed E-state index contributed by atoms with van der Waals surface area (Å²) in [6.07, 6.45) is 8.38. The monoisotopic (exact) mass is 151 g/mol. The summed E-state index contributed by atoms with van der Waals surface area (Å²) in [7, 11) is 0. The van der Waals surface area contributed by atoms with Crippen molar-refractivity contribution in [3.05, 3.63) is 18.2 Å². The van der Waals surface area contributed by atoms with Gasteiger partial charge in [-0.3, -0.25) is 0 Å². The maximum Gasteiger partial charge on any atom is 0.256 e. The molecule has 0 fully saturated rings. The lowest BCUT2D eigenvalue weighted by atomic mass is 10.2. The van der Waals surface area contributed by atoms with E-state index >= 15 is 0 Å². The molecule has 0 saturated carbocycles. The first-order chi connectivity index (χ1) is 5.42. The lowest BCUT2D eigenvalue weighted by Gasteiger charge is -2.08. The van der Waals surface area contributed by atoms with Crippen molar-refractivity contribution < 1.29 is 4.57 Å². The Kier molecular flexibility index (Phi) is 1.68. The molecule has 0 spiro atoms. The summed E-state index contributed by atoms with van der Waals surface area (Å²) < 4.78 is 4.73. The molecule has 2 nitrogen and oxygen atoms in total. The molecule has 0 unspecified atom stereocenters. The molecule has 1 aromatic rings. The summed E-state index contributed by atoms with van der Waals surface area (Å²) in [6, 6.07) is 0. The number of rotatable bonds is 1. The molecule has 1 aromatic heterocycles. The molecule has 0 N–H and O–H groups in total. The van der Waals surface area contributed by atoms with E-state index in [4.69, 9.17) is 0 Å². The maximum absolute atomic E-state index is 2.38. The molecule has 0 saturated heterocycles. The average Bonchev–Trinajstić information content (AvgIpc) is 2.47. The van der Waals surface area contributed by atoms with Crippen LogP contribution in [0, 0.1) is 0 Å². The van der Waals surface area contributed by atoms with Crippen LogP contribution in [0.1, 0.15) is 25.6 Å². The number of imidazole rings is 1. The van der Waals surface area contributed by atoms with Crippen LogP contribution in [0.5, 0.6) is 0 Å². The Morgan fingerprint density at radius 3 is 3.27 bits per heavy atom. The molecule has 0 amide bonds. The predicted octanol–water partition coefficient (Wildman–Crippen LogP) is 1.13. The third kappa shape index (κ3) is 1.06. The summed E-state index contributed by atoms with van der Waals surface area (Å²) in [5.41, 5.74) is 0. The van der Waals surface area contributed by atoms with Crippen LogP contribution in [0.4, 0.5) is 0 Å². The van der Waals surface area contributed by atoms with Gasteiger partial charge in [-0.05, 0) is 19.8 Å². The SMILES string of the molecule is CCn1cc[n+]2c1CCCC2. The van der Waals surface area contributed by atoms with Crippen molar-refractivity contribution in [2.75, 3.05) is 0 Å². The first kappa shape index (κ1) is 6.89. The highest BCUT2D eigenvalue weighted by Gasteiger charge is 2.18. The molecule has 0 bridgehead atoms. The van der Waals surface area contributed by atoms with Crippen LogP contribution in [-0.4, -0.2) is 4.57 Å². The molecule has 1 aliphatic rings. The number of hydrogen-bond acceptors (Lipinski definition) is 0. The van der Waals surface area contributed by atoms with Gasteiger partial charge in [-0.2, -0.15) is 0 Å².